The number of imide groups is 1. The number of nitrogens with one attached hydrogen (secondary N) is 3. The molecule has 0 bridgehead atoms. The Labute approximate surface area is 151 Å². The third-order valence-electron chi connectivity index (χ3n) is 3.36. The number of ether oxygens (including phenoxy) is 1. The van der Waals surface area contributed by atoms with Crippen LogP contribution >= 0.6 is 11.6 Å². The molecule has 0 saturated heterocycles. The van der Waals surface area contributed by atoms with Crippen molar-refractivity contribution in [3.63, 3.8) is 0 Å². The monoisotopic (exact) mass is 362 g/mol. The van der Waals surface area contributed by atoms with Crippen LogP contribution in [0.5, 0.6) is 5.75 Å². The van der Waals surface area contributed by atoms with Gasteiger partial charge in [0.15, 0.2) is 6.54 Å². The predicted molar refractivity (Wildman–Crippen MR) is 97.2 cm³/mol. The van der Waals surface area contributed by atoms with Crippen molar-refractivity contribution in [3.05, 3.63) is 59.6 Å². The van der Waals surface area contributed by atoms with Crippen LogP contribution in [0.15, 0.2) is 54.6 Å². The Balaban J connectivity index is 1.65. The Morgan fingerprint density at radius 2 is 1.76 bits per heavy atom. The van der Waals surface area contributed by atoms with E-state index in [4.69, 9.17) is 16.3 Å². The summed E-state index contributed by atoms with van der Waals surface area (Å²) in [5.41, 5.74) is 0.630. The van der Waals surface area contributed by atoms with E-state index in [2.05, 4.69) is 10.6 Å². The number of quaternary nitrogens is 1. The van der Waals surface area contributed by atoms with Gasteiger partial charge in [0, 0.05) is 10.7 Å². The Bertz CT molecular complexity index is 692. The number of carbonyl (C=O) groups excluding carboxylic acids is 2. The zero-order valence-corrected chi connectivity index (χ0v) is 14.7. The molecule has 3 N–H and O–H groups in total. The van der Waals surface area contributed by atoms with Gasteiger partial charge in [0.2, 0.25) is 0 Å². The predicted octanol–water partition coefficient (Wildman–Crippen LogP) is 1.58. The molecule has 0 aliphatic carbocycles. The average Bonchev–Trinajstić information content (AvgIpc) is 2.57. The fourth-order valence-corrected chi connectivity index (χ4v) is 2.22. The van der Waals surface area contributed by atoms with E-state index in [1.54, 1.807) is 48.5 Å². The average molecular weight is 363 g/mol. The summed E-state index contributed by atoms with van der Waals surface area (Å²) in [6.45, 7) is 1.25. The smallest absolute Gasteiger partial charge is 0.326 e. The van der Waals surface area contributed by atoms with Crippen molar-refractivity contribution in [2.75, 3.05) is 32.1 Å². The van der Waals surface area contributed by atoms with Gasteiger partial charge in [0.05, 0.1) is 7.05 Å². The highest BCUT2D eigenvalue weighted by atomic mass is 35.5. The normalized spacial score (nSPS) is 11.4. The second kappa shape index (κ2) is 9.66. The van der Waals surface area contributed by atoms with Crippen molar-refractivity contribution in [2.24, 2.45) is 0 Å². The van der Waals surface area contributed by atoms with Gasteiger partial charge in [-0.3, -0.25) is 10.1 Å². The summed E-state index contributed by atoms with van der Waals surface area (Å²) < 4.78 is 5.58. The van der Waals surface area contributed by atoms with E-state index in [0.717, 1.165) is 10.6 Å². The molecule has 2 rings (SSSR count). The molecule has 3 amide bonds. The third kappa shape index (κ3) is 7.24. The molecule has 2 aromatic carbocycles. The van der Waals surface area contributed by atoms with Crippen molar-refractivity contribution in [1.29, 1.82) is 0 Å². The summed E-state index contributed by atoms with van der Waals surface area (Å²) in [6.07, 6.45) is 0. The highest BCUT2D eigenvalue weighted by Gasteiger charge is 2.13. The Hall–Kier alpha value is -2.57. The summed E-state index contributed by atoms with van der Waals surface area (Å²) in [6, 6.07) is 15.5. The maximum Gasteiger partial charge on any atom is 0.326 e. The van der Waals surface area contributed by atoms with Crippen LogP contribution in [0.1, 0.15) is 0 Å². The highest BCUT2D eigenvalue weighted by molar-refractivity contribution is 6.30. The number of likely N-dealkylation sites (N-methyl/N-ethyl adjacent to an activating group) is 1. The molecule has 0 aliphatic rings. The topological polar surface area (TPSA) is 71.9 Å². The maximum absolute atomic E-state index is 11.9. The van der Waals surface area contributed by atoms with Crippen LogP contribution in [0.3, 0.4) is 0 Å². The standard InChI is InChI=1S/C18H20ClN3O3/c1-22(11-12-25-16-9-7-14(19)8-10-16)13-17(23)21-18(24)20-15-5-3-2-4-6-15/h2-10H,11-13H2,1H3,(H2,20,21,23,24)/p+1. The van der Waals surface area contributed by atoms with E-state index >= 15 is 0 Å². The molecule has 0 saturated carbocycles. The summed E-state index contributed by atoms with van der Waals surface area (Å²) in [5.74, 6) is 0.376. The van der Waals surface area contributed by atoms with Gasteiger partial charge in [-0.2, -0.15) is 0 Å². The molecule has 1 atom stereocenters. The van der Waals surface area contributed by atoms with Crippen molar-refractivity contribution in [2.45, 2.75) is 0 Å². The maximum atomic E-state index is 11.9. The Morgan fingerprint density at radius 3 is 2.44 bits per heavy atom. The number of anilines is 1. The number of rotatable bonds is 7. The second-order valence-electron chi connectivity index (χ2n) is 5.55. The number of carbonyl (C=O) groups is 2. The fraction of sp³-hybridized carbons (Fsp3) is 0.222. The number of urea groups is 1. The van der Waals surface area contributed by atoms with E-state index in [1.807, 2.05) is 13.1 Å². The summed E-state index contributed by atoms with van der Waals surface area (Å²) in [7, 11) is 1.86. The molecule has 0 fully saturated rings. The van der Waals surface area contributed by atoms with Crippen LogP contribution in [0.25, 0.3) is 0 Å². The van der Waals surface area contributed by atoms with Crippen LogP contribution in [0.2, 0.25) is 5.02 Å². The molecule has 0 aliphatic heterocycles. The second-order valence-corrected chi connectivity index (χ2v) is 5.99. The van der Waals surface area contributed by atoms with Gasteiger partial charge in [-0.15, -0.1) is 0 Å². The summed E-state index contributed by atoms with van der Waals surface area (Å²) in [4.78, 5) is 24.5. The number of hydrogen-bond donors (Lipinski definition) is 3. The minimum Gasteiger partial charge on any atom is -0.488 e. The Kier molecular flexibility index (Phi) is 7.25. The minimum absolute atomic E-state index is 0.173. The molecule has 7 heteroatoms. The molecule has 2 aromatic rings. The van der Waals surface area contributed by atoms with E-state index in [9.17, 15) is 9.59 Å². The first-order valence-electron chi connectivity index (χ1n) is 7.88. The van der Waals surface area contributed by atoms with E-state index in [1.165, 1.54) is 0 Å². The van der Waals surface area contributed by atoms with Crippen LogP contribution in [-0.2, 0) is 4.79 Å². The highest BCUT2D eigenvalue weighted by Crippen LogP contribution is 2.14. The molecule has 0 radical (unpaired) electrons. The first-order chi connectivity index (χ1) is 12.0. The number of amides is 3. The molecule has 0 aromatic heterocycles. The number of benzene rings is 2. The van der Waals surface area contributed by atoms with Gasteiger partial charge < -0.3 is 15.0 Å². The molecule has 132 valence electrons. The van der Waals surface area contributed by atoms with Crippen LogP contribution in [0, 0.1) is 0 Å². The quantitative estimate of drug-likeness (QED) is 0.700. The van der Waals surface area contributed by atoms with Crippen molar-refractivity contribution in [1.82, 2.24) is 5.32 Å². The Morgan fingerprint density at radius 1 is 1.08 bits per heavy atom. The lowest BCUT2D eigenvalue weighted by molar-refractivity contribution is -0.871. The van der Waals surface area contributed by atoms with Gasteiger partial charge in [-0.05, 0) is 36.4 Å². The fourth-order valence-electron chi connectivity index (χ4n) is 2.09. The number of halogens is 1. The number of para-hydroxylation sites is 1. The van der Waals surface area contributed by atoms with Crippen molar-refractivity contribution < 1.29 is 19.2 Å². The van der Waals surface area contributed by atoms with Crippen LogP contribution < -0.4 is 20.3 Å². The molecule has 0 spiro atoms. The first-order valence-corrected chi connectivity index (χ1v) is 8.26. The van der Waals surface area contributed by atoms with Gasteiger partial charge in [-0.25, -0.2) is 4.79 Å². The SMILES string of the molecule is C[NH+](CCOc1ccc(Cl)cc1)CC(=O)NC(=O)Nc1ccccc1. The number of hydrogen-bond acceptors (Lipinski definition) is 3. The zero-order chi connectivity index (χ0) is 18.1. The van der Waals surface area contributed by atoms with Crippen LogP contribution in [0.4, 0.5) is 10.5 Å². The van der Waals surface area contributed by atoms with E-state index < -0.39 is 6.03 Å². The van der Waals surface area contributed by atoms with E-state index in [0.29, 0.717) is 23.9 Å². The molecule has 0 heterocycles. The lowest BCUT2D eigenvalue weighted by atomic mass is 10.3. The molecule has 6 nitrogen and oxygen atoms in total. The summed E-state index contributed by atoms with van der Waals surface area (Å²) in [5, 5.41) is 5.56. The third-order valence-corrected chi connectivity index (χ3v) is 3.61. The molecule has 1 unspecified atom stereocenters. The van der Waals surface area contributed by atoms with E-state index in [-0.39, 0.29) is 12.5 Å². The van der Waals surface area contributed by atoms with Gasteiger partial charge in [-0.1, -0.05) is 29.8 Å². The zero-order valence-electron chi connectivity index (χ0n) is 13.9. The minimum atomic E-state index is -0.540. The lowest BCUT2D eigenvalue weighted by Gasteiger charge is -2.14. The first kappa shape index (κ1) is 18.8. The molecule has 25 heavy (non-hydrogen) atoms. The van der Waals surface area contributed by atoms with Crippen LogP contribution in [-0.4, -0.2) is 38.7 Å². The molecular formula is C18H21ClN3O3+. The molecular weight excluding hydrogens is 342 g/mol. The largest absolute Gasteiger partial charge is 0.488 e. The summed E-state index contributed by atoms with van der Waals surface area (Å²) >= 11 is 5.81. The van der Waals surface area contributed by atoms with Crippen molar-refractivity contribution >= 4 is 29.2 Å². The van der Waals surface area contributed by atoms with Gasteiger partial charge in [0.1, 0.15) is 18.9 Å². The van der Waals surface area contributed by atoms with Gasteiger partial charge in [0.25, 0.3) is 5.91 Å². The van der Waals surface area contributed by atoms with Crippen molar-refractivity contribution in [3.8, 4) is 5.75 Å². The lowest BCUT2D eigenvalue weighted by Crippen LogP contribution is -3.10. The van der Waals surface area contributed by atoms with Gasteiger partial charge >= 0.3 is 6.03 Å².